The van der Waals surface area contributed by atoms with Gasteiger partial charge in [0.1, 0.15) is 11.5 Å². The highest BCUT2D eigenvalue weighted by molar-refractivity contribution is 6.37. The standard InChI is InChI=1S/C9H9NO5/c1-15-9(14)8(13)10-6-3-2-5(11)4-7(6)12/h2-4,11-12H,1H3,(H,10,13). The first kappa shape index (κ1) is 10.8. The number of rotatable bonds is 1. The molecule has 0 aliphatic heterocycles. The predicted octanol–water partition coefficient (Wildman–Crippen LogP) is 0.209. The second-order valence-electron chi connectivity index (χ2n) is 2.65. The van der Waals surface area contributed by atoms with Gasteiger partial charge in [-0.1, -0.05) is 0 Å². The molecule has 80 valence electrons. The van der Waals surface area contributed by atoms with E-state index in [2.05, 4.69) is 10.1 Å². The summed E-state index contributed by atoms with van der Waals surface area (Å²) < 4.78 is 4.17. The summed E-state index contributed by atoms with van der Waals surface area (Å²) in [6, 6.07) is 3.55. The van der Waals surface area contributed by atoms with Crippen molar-refractivity contribution in [2.24, 2.45) is 0 Å². The maximum Gasteiger partial charge on any atom is 0.396 e. The number of esters is 1. The Morgan fingerprint density at radius 2 is 2.00 bits per heavy atom. The lowest BCUT2D eigenvalue weighted by Crippen LogP contribution is -2.23. The third-order valence-electron chi connectivity index (χ3n) is 1.60. The molecule has 0 radical (unpaired) electrons. The number of phenols is 2. The molecular formula is C9H9NO5. The van der Waals surface area contributed by atoms with Crippen LogP contribution in [0.25, 0.3) is 0 Å². The van der Waals surface area contributed by atoms with Crippen molar-refractivity contribution in [1.82, 2.24) is 0 Å². The van der Waals surface area contributed by atoms with E-state index >= 15 is 0 Å². The fraction of sp³-hybridized carbons (Fsp3) is 0.111. The number of hydrogen-bond donors (Lipinski definition) is 3. The van der Waals surface area contributed by atoms with Crippen molar-refractivity contribution in [1.29, 1.82) is 0 Å². The average molecular weight is 211 g/mol. The van der Waals surface area contributed by atoms with Gasteiger partial charge in [-0.2, -0.15) is 0 Å². The predicted molar refractivity (Wildman–Crippen MR) is 50.4 cm³/mol. The van der Waals surface area contributed by atoms with Crippen molar-refractivity contribution in [2.45, 2.75) is 0 Å². The minimum Gasteiger partial charge on any atom is -0.508 e. The van der Waals surface area contributed by atoms with E-state index < -0.39 is 11.9 Å². The molecule has 0 aromatic heterocycles. The van der Waals surface area contributed by atoms with Gasteiger partial charge in [-0.3, -0.25) is 4.79 Å². The molecule has 15 heavy (non-hydrogen) atoms. The van der Waals surface area contributed by atoms with Crippen LogP contribution in [0.4, 0.5) is 5.69 Å². The summed E-state index contributed by atoms with van der Waals surface area (Å²) in [6.45, 7) is 0. The number of nitrogens with one attached hydrogen (secondary N) is 1. The molecule has 3 N–H and O–H groups in total. The van der Waals surface area contributed by atoms with Crippen LogP contribution in [0.5, 0.6) is 11.5 Å². The molecular weight excluding hydrogens is 202 g/mol. The molecule has 0 spiro atoms. The van der Waals surface area contributed by atoms with Crippen LogP contribution in [0.3, 0.4) is 0 Å². The fourth-order valence-corrected chi connectivity index (χ4v) is 0.892. The minimum absolute atomic E-state index is 0.0169. The minimum atomic E-state index is -1.07. The number of hydrogen-bond acceptors (Lipinski definition) is 5. The van der Waals surface area contributed by atoms with Crippen LogP contribution in [0.1, 0.15) is 0 Å². The van der Waals surface area contributed by atoms with Crippen molar-refractivity contribution in [3.63, 3.8) is 0 Å². The van der Waals surface area contributed by atoms with Crippen molar-refractivity contribution < 1.29 is 24.5 Å². The highest BCUT2D eigenvalue weighted by Gasteiger charge is 2.15. The van der Waals surface area contributed by atoms with Crippen LogP contribution < -0.4 is 5.32 Å². The molecule has 0 atom stereocenters. The van der Waals surface area contributed by atoms with Crippen LogP contribution in [-0.4, -0.2) is 29.2 Å². The van der Waals surface area contributed by atoms with E-state index in [1.165, 1.54) is 12.1 Å². The van der Waals surface area contributed by atoms with Gasteiger partial charge in [-0.15, -0.1) is 0 Å². The van der Waals surface area contributed by atoms with Gasteiger partial charge in [0, 0.05) is 6.07 Å². The number of benzene rings is 1. The second-order valence-corrected chi connectivity index (χ2v) is 2.65. The highest BCUT2D eigenvalue weighted by atomic mass is 16.5. The molecule has 1 aromatic carbocycles. The molecule has 0 unspecified atom stereocenters. The van der Waals surface area contributed by atoms with Gasteiger partial charge in [-0.05, 0) is 12.1 Å². The van der Waals surface area contributed by atoms with E-state index in [0.29, 0.717) is 0 Å². The largest absolute Gasteiger partial charge is 0.508 e. The summed E-state index contributed by atoms with van der Waals surface area (Å²) in [6.07, 6.45) is 0. The highest BCUT2D eigenvalue weighted by Crippen LogP contribution is 2.26. The van der Waals surface area contributed by atoms with Crippen molar-refractivity contribution in [3.8, 4) is 11.5 Å². The van der Waals surface area contributed by atoms with Gasteiger partial charge in [0.25, 0.3) is 0 Å². The zero-order valence-corrected chi connectivity index (χ0v) is 7.85. The molecule has 0 aliphatic rings. The van der Waals surface area contributed by atoms with Gasteiger partial charge >= 0.3 is 11.9 Å². The van der Waals surface area contributed by atoms with Crippen molar-refractivity contribution in [2.75, 3.05) is 12.4 Å². The zero-order valence-electron chi connectivity index (χ0n) is 7.85. The third kappa shape index (κ3) is 2.60. The Hall–Kier alpha value is -2.24. The quantitative estimate of drug-likeness (QED) is 0.267. The van der Waals surface area contributed by atoms with E-state index in [1.54, 1.807) is 0 Å². The van der Waals surface area contributed by atoms with Gasteiger partial charge in [0.15, 0.2) is 0 Å². The second kappa shape index (κ2) is 4.32. The molecule has 6 heteroatoms. The summed E-state index contributed by atoms with van der Waals surface area (Å²) in [5.74, 6) is -2.56. The summed E-state index contributed by atoms with van der Waals surface area (Å²) >= 11 is 0. The Balaban J connectivity index is 2.81. The number of ether oxygens (including phenoxy) is 1. The number of methoxy groups -OCH3 is 1. The Labute approximate surface area is 85.1 Å². The molecule has 1 rings (SSSR count). The molecule has 0 aliphatic carbocycles. The first-order valence-corrected chi connectivity index (χ1v) is 3.96. The van der Waals surface area contributed by atoms with Crippen molar-refractivity contribution >= 4 is 17.6 Å². The number of carbonyl (C=O) groups is 2. The summed E-state index contributed by atoms with van der Waals surface area (Å²) in [5.41, 5.74) is 0.0169. The normalized spacial score (nSPS) is 9.40. The lowest BCUT2D eigenvalue weighted by atomic mass is 10.2. The number of aromatic hydroxyl groups is 2. The maximum atomic E-state index is 11.0. The Morgan fingerprint density at radius 3 is 2.53 bits per heavy atom. The van der Waals surface area contributed by atoms with Gasteiger partial charge in [0.2, 0.25) is 0 Å². The molecule has 6 nitrogen and oxygen atoms in total. The van der Waals surface area contributed by atoms with Crippen molar-refractivity contribution in [3.05, 3.63) is 18.2 Å². The maximum absolute atomic E-state index is 11.0. The first-order chi connectivity index (χ1) is 7.04. The number of phenolic OH excluding ortho intramolecular Hbond substituents is 2. The number of anilines is 1. The molecule has 0 saturated heterocycles. The average Bonchev–Trinajstić information content (AvgIpc) is 2.20. The monoisotopic (exact) mass is 211 g/mol. The molecule has 0 bridgehead atoms. The first-order valence-electron chi connectivity index (χ1n) is 3.96. The van der Waals surface area contributed by atoms with Gasteiger partial charge in [-0.25, -0.2) is 4.79 Å². The number of carbonyl (C=O) groups excluding carboxylic acids is 2. The van der Waals surface area contributed by atoms with Crippen LogP contribution in [0.2, 0.25) is 0 Å². The fourth-order valence-electron chi connectivity index (χ4n) is 0.892. The summed E-state index contributed by atoms with van der Waals surface area (Å²) in [7, 11) is 1.07. The van der Waals surface area contributed by atoms with E-state index in [0.717, 1.165) is 13.2 Å². The van der Waals surface area contributed by atoms with E-state index in [4.69, 9.17) is 5.11 Å². The van der Waals surface area contributed by atoms with E-state index in [-0.39, 0.29) is 17.2 Å². The third-order valence-corrected chi connectivity index (χ3v) is 1.60. The zero-order chi connectivity index (χ0) is 11.4. The molecule has 1 amide bonds. The molecule has 0 fully saturated rings. The van der Waals surface area contributed by atoms with E-state index in [1.807, 2.05) is 0 Å². The molecule has 0 saturated carbocycles. The van der Waals surface area contributed by atoms with Crippen LogP contribution in [0.15, 0.2) is 18.2 Å². The lowest BCUT2D eigenvalue weighted by Gasteiger charge is -2.05. The van der Waals surface area contributed by atoms with Gasteiger partial charge < -0.3 is 20.3 Å². The Bertz CT molecular complexity index is 401. The SMILES string of the molecule is COC(=O)C(=O)Nc1ccc(O)cc1O. The van der Waals surface area contributed by atoms with Crippen LogP contribution in [0, 0.1) is 0 Å². The van der Waals surface area contributed by atoms with Crippen LogP contribution >= 0.6 is 0 Å². The molecule has 0 heterocycles. The summed E-state index contributed by atoms with van der Waals surface area (Å²) in [4.78, 5) is 21.8. The Kier molecular flexibility index (Phi) is 3.12. The van der Waals surface area contributed by atoms with E-state index in [9.17, 15) is 14.7 Å². The Morgan fingerprint density at radius 1 is 1.33 bits per heavy atom. The number of amides is 1. The summed E-state index contributed by atoms with van der Waals surface area (Å²) in [5, 5.41) is 20.3. The van der Waals surface area contributed by atoms with Gasteiger partial charge in [0.05, 0.1) is 12.8 Å². The molecule has 1 aromatic rings. The smallest absolute Gasteiger partial charge is 0.396 e. The lowest BCUT2D eigenvalue weighted by molar-refractivity contribution is -0.150. The van der Waals surface area contributed by atoms with Crippen LogP contribution in [-0.2, 0) is 14.3 Å². The topological polar surface area (TPSA) is 95.9 Å².